The number of nitriles is 1. The van der Waals surface area contributed by atoms with E-state index < -0.39 is 42.2 Å². The van der Waals surface area contributed by atoms with E-state index in [1.54, 1.807) is 38.2 Å². The van der Waals surface area contributed by atoms with Crippen LogP contribution in [0.4, 0.5) is 18.4 Å². The minimum absolute atomic E-state index is 0.0347. The van der Waals surface area contributed by atoms with Crippen LogP contribution in [0, 0.1) is 35.0 Å². The minimum atomic E-state index is -3.33. The van der Waals surface area contributed by atoms with E-state index >= 15 is 8.78 Å². The third-order valence-electron chi connectivity index (χ3n) is 13.7. The fraction of sp³-hybridized carbons (Fsp3) is 0.438. The van der Waals surface area contributed by atoms with Gasteiger partial charge < -0.3 is 39.9 Å². The van der Waals surface area contributed by atoms with Crippen LogP contribution in [0.5, 0.6) is 0 Å². The molecule has 17 heteroatoms. The number of hydrogen-bond acceptors (Lipinski definition) is 9. The molecule has 4 amide bonds. The molecule has 3 aromatic carbocycles. The molecule has 2 saturated heterocycles. The maximum Gasteiger partial charge on any atom is 0.407 e. The Labute approximate surface area is 374 Å². The molecule has 65 heavy (non-hydrogen) atoms. The van der Waals surface area contributed by atoms with Crippen LogP contribution in [0.15, 0.2) is 60.8 Å². The molecule has 2 aliphatic heterocycles. The number of aromatic amines is 2. The van der Waals surface area contributed by atoms with Gasteiger partial charge in [0.05, 0.1) is 61.2 Å². The lowest BCUT2D eigenvalue weighted by Gasteiger charge is -2.37. The van der Waals surface area contributed by atoms with Gasteiger partial charge in [0, 0.05) is 29.3 Å². The normalized spacial score (nSPS) is 22.4. The number of alkyl halides is 2. The van der Waals surface area contributed by atoms with Crippen molar-refractivity contribution < 1.29 is 37.4 Å². The molecule has 2 bridgehead atoms. The van der Waals surface area contributed by atoms with Crippen LogP contribution >= 0.6 is 0 Å². The molecule has 1 saturated carbocycles. The first-order chi connectivity index (χ1) is 31.1. The molecule has 5 aromatic rings. The Morgan fingerprint density at radius 2 is 1.43 bits per heavy atom. The summed E-state index contributed by atoms with van der Waals surface area (Å²) in [6.07, 6.45) is 3.13. The molecule has 2 aromatic heterocycles. The number of methoxy groups -OCH3 is 2. The standard InChI is InChI=1S/C48H51F2N9O6/c1-23(2)39(56-46(62)64-5)44(60)58-22-25(20-51)15-38(58)42-52-21-37(55-42)28-9-13-32-31-12-8-26(17-33(31)48(49,50)34(32)18-28)27-10-14-35-36(19-27)54-43(53-35)41-29-7-11-30(16-29)59(41)45(61)40(24(3)4)57-47(63)65-6/h8-10,12-14,17-19,21,23-25,29-30,38-41H,7,11,15-16,22H2,1-6H3,(H,52,55)(H,53,54)(H,56,62)(H,57,63)/t25-,29+,30-,38+,39+,40?,41+/m1/s1. The number of H-pyrrole nitrogens is 2. The van der Waals surface area contributed by atoms with Gasteiger partial charge in [-0.3, -0.25) is 9.59 Å². The highest BCUT2D eigenvalue weighted by molar-refractivity contribution is 5.89. The molecule has 4 aliphatic rings. The molecule has 0 spiro atoms. The molecule has 15 nitrogen and oxygen atoms in total. The second kappa shape index (κ2) is 16.6. The summed E-state index contributed by atoms with van der Waals surface area (Å²) in [5.74, 6) is -3.52. The molecule has 2 aliphatic carbocycles. The number of rotatable bonds is 10. The largest absolute Gasteiger partial charge is 0.453 e. The van der Waals surface area contributed by atoms with Gasteiger partial charge >= 0.3 is 12.2 Å². The van der Waals surface area contributed by atoms with Crippen LogP contribution in [0.25, 0.3) is 44.5 Å². The molecule has 4 heterocycles. The van der Waals surface area contributed by atoms with Crippen molar-refractivity contribution in [1.29, 1.82) is 5.26 Å². The number of carbonyl (C=O) groups excluding carboxylic acids is 4. The number of benzene rings is 3. The first-order valence-electron chi connectivity index (χ1n) is 22.1. The lowest BCUT2D eigenvalue weighted by molar-refractivity contribution is -0.139. The predicted molar refractivity (Wildman–Crippen MR) is 235 cm³/mol. The number of hydrogen-bond donors (Lipinski definition) is 4. The van der Waals surface area contributed by atoms with Crippen LogP contribution in [0.1, 0.15) is 88.2 Å². The van der Waals surface area contributed by atoms with Crippen LogP contribution in [-0.4, -0.2) is 92.6 Å². The van der Waals surface area contributed by atoms with Gasteiger partial charge in [-0.15, -0.1) is 0 Å². The van der Waals surface area contributed by atoms with Gasteiger partial charge in [0.1, 0.15) is 23.7 Å². The topological polar surface area (TPSA) is 198 Å². The van der Waals surface area contributed by atoms with Gasteiger partial charge in [-0.05, 0) is 90.0 Å². The molecular formula is C48H51F2N9O6. The minimum Gasteiger partial charge on any atom is -0.453 e. The van der Waals surface area contributed by atoms with Gasteiger partial charge in [0.25, 0.3) is 5.92 Å². The number of halogens is 2. The van der Waals surface area contributed by atoms with Crippen molar-refractivity contribution in [2.24, 2.45) is 23.7 Å². The summed E-state index contributed by atoms with van der Waals surface area (Å²) in [4.78, 5) is 71.8. The monoisotopic (exact) mass is 887 g/mol. The Kier molecular flexibility index (Phi) is 11.1. The number of imidazole rings is 2. The summed E-state index contributed by atoms with van der Waals surface area (Å²) < 4.78 is 42.8. The van der Waals surface area contributed by atoms with Crippen LogP contribution < -0.4 is 10.6 Å². The van der Waals surface area contributed by atoms with Gasteiger partial charge in [-0.1, -0.05) is 58.0 Å². The quantitative estimate of drug-likeness (QED) is 0.107. The Bertz CT molecular complexity index is 2760. The number of amides is 4. The fourth-order valence-electron chi connectivity index (χ4n) is 10.4. The molecule has 7 atom stereocenters. The van der Waals surface area contributed by atoms with Crippen molar-refractivity contribution in [3.63, 3.8) is 0 Å². The lowest BCUT2D eigenvalue weighted by atomic mass is 9.95. The van der Waals surface area contributed by atoms with E-state index in [9.17, 15) is 24.4 Å². The van der Waals surface area contributed by atoms with E-state index in [-0.39, 0.29) is 59.3 Å². The number of nitrogens with one attached hydrogen (secondary N) is 4. The van der Waals surface area contributed by atoms with E-state index in [1.807, 2.05) is 43.0 Å². The van der Waals surface area contributed by atoms with E-state index in [0.717, 1.165) is 24.8 Å². The summed E-state index contributed by atoms with van der Waals surface area (Å²) in [6, 6.07) is 15.3. The number of nitrogens with zero attached hydrogens (tertiary/aromatic N) is 5. The van der Waals surface area contributed by atoms with E-state index in [2.05, 4.69) is 31.7 Å². The lowest BCUT2D eigenvalue weighted by Crippen LogP contribution is -2.54. The zero-order valence-corrected chi connectivity index (χ0v) is 36.9. The maximum atomic E-state index is 16.6. The second-order valence-corrected chi connectivity index (χ2v) is 18.3. The van der Waals surface area contributed by atoms with E-state index in [4.69, 9.17) is 14.5 Å². The highest BCUT2D eigenvalue weighted by Gasteiger charge is 2.52. The summed E-state index contributed by atoms with van der Waals surface area (Å²) in [6.45, 7) is 7.51. The SMILES string of the molecule is COC(=O)NC(C(=O)N1[C@@H]2CC[C@@H](C2)[C@H]1c1nc2ccc(-c3ccc4c(c3)C(F)(F)c3cc(-c5cnc([C@@H]6C[C@H](C#N)CN6C(=O)[C@@H](NC(=O)OC)C(C)C)[nH]5)ccc3-4)cc2[nH]1)C(C)C. The zero-order valence-electron chi connectivity index (χ0n) is 36.9. The smallest absolute Gasteiger partial charge is 0.407 e. The maximum absolute atomic E-state index is 16.6. The summed E-state index contributed by atoms with van der Waals surface area (Å²) in [5, 5.41) is 15.1. The Hall–Kier alpha value is -6.83. The number of carbonyl (C=O) groups is 4. The van der Waals surface area contributed by atoms with E-state index in [1.165, 1.54) is 31.3 Å². The third kappa shape index (κ3) is 7.51. The number of likely N-dealkylation sites (tertiary alicyclic amines) is 2. The third-order valence-corrected chi connectivity index (χ3v) is 13.7. The number of aromatic nitrogens is 4. The fourth-order valence-corrected chi connectivity index (χ4v) is 10.4. The molecule has 338 valence electrons. The predicted octanol–water partition coefficient (Wildman–Crippen LogP) is 7.97. The summed E-state index contributed by atoms with van der Waals surface area (Å²) >= 11 is 0. The van der Waals surface area contributed by atoms with Crippen molar-refractivity contribution in [2.75, 3.05) is 20.8 Å². The number of ether oxygens (including phenoxy) is 2. The van der Waals surface area contributed by atoms with Crippen LogP contribution in [0.3, 0.4) is 0 Å². The van der Waals surface area contributed by atoms with Crippen molar-refractivity contribution in [3.8, 4) is 39.6 Å². The molecule has 3 fully saturated rings. The van der Waals surface area contributed by atoms with Crippen molar-refractivity contribution in [2.45, 2.75) is 89.5 Å². The molecule has 1 unspecified atom stereocenters. The molecule has 4 N–H and O–H groups in total. The van der Waals surface area contributed by atoms with Gasteiger partial charge in [0.15, 0.2) is 0 Å². The van der Waals surface area contributed by atoms with E-state index in [0.29, 0.717) is 57.1 Å². The summed E-state index contributed by atoms with van der Waals surface area (Å²) in [7, 11) is 2.49. The highest BCUT2D eigenvalue weighted by Crippen LogP contribution is 2.53. The van der Waals surface area contributed by atoms with Crippen LogP contribution in [-0.2, 0) is 25.0 Å². The zero-order chi connectivity index (χ0) is 46.1. The average molecular weight is 888 g/mol. The molecule has 0 radical (unpaired) electrons. The van der Waals surface area contributed by atoms with Crippen LogP contribution in [0.2, 0.25) is 0 Å². The van der Waals surface area contributed by atoms with Crippen molar-refractivity contribution in [1.82, 2.24) is 40.4 Å². The van der Waals surface area contributed by atoms with Gasteiger partial charge in [-0.25, -0.2) is 19.6 Å². The molecular weight excluding hydrogens is 837 g/mol. The second-order valence-electron chi connectivity index (χ2n) is 18.3. The Morgan fingerprint density at radius 3 is 2.08 bits per heavy atom. The van der Waals surface area contributed by atoms with Crippen molar-refractivity contribution in [3.05, 3.63) is 83.6 Å². The number of alkyl carbamates (subject to hydrolysis) is 2. The first kappa shape index (κ1) is 43.4. The number of piperidine rings is 1. The van der Waals surface area contributed by atoms with Gasteiger partial charge in [-0.2, -0.15) is 14.0 Å². The first-order valence-corrected chi connectivity index (χ1v) is 22.1. The average Bonchev–Trinajstić information content (AvgIpc) is 4.17. The Balaban J connectivity index is 0.961. The highest BCUT2D eigenvalue weighted by atomic mass is 19.3. The summed E-state index contributed by atoms with van der Waals surface area (Å²) in [5.41, 5.74) is 4.26. The Morgan fingerprint density at radius 1 is 0.815 bits per heavy atom. The van der Waals surface area contributed by atoms with Gasteiger partial charge in [0.2, 0.25) is 11.8 Å². The number of fused-ring (bicyclic) bond motifs is 6. The van der Waals surface area contributed by atoms with Crippen molar-refractivity contribution >= 4 is 35.0 Å². The molecule has 9 rings (SSSR count).